The number of amides is 1. The number of nitrogens with two attached hydrogens (primary N) is 1. The van der Waals surface area contributed by atoms with Crippen molar-refractivity contribution in [2.24, 2.45) is 0 Å². The van der Waals surface area contributed by atoms with E-state index in [1.807, 2.05) is 0 Å². The third kappa shape index (κ3) is 3.34. The molecule has 0 aliphatic heterocycles. The minimum absolute atomic E-state index is 0.00595. The molecule has 0 spiro atoms. The highest BCUT2D eigenvalue weighted by Gasteiger charge is 2.17. The first-order chi connectivity index (χ1) is 9.88. The van der Waals surface area contributed by atoms with E-state index in [-0.39, 0.29) is 23.4 Å². The van der Waals surface area contributed by atoms with Gasteiger partial charge < -0.3 is 10.6 Å². The molecule has 2 N–H and O–H groups in total. The molecule has 2 aromatic rings. The highest BCUT2D eigenvalue weighted by Crippen LogP contribution is 2.17. The second kappa shape index (κ2) is 5.87. The van der Waals surface area contributed by atoms with Crippen LogP contribution in [-0.2, 0) is 6.54 Å². The molecule has 2 rings (SSSR count). The van der Waals surface area contributed by atoms with Gasteiger partial charge in [-0.25, -0.2) is 13.2 Å². The fraction of sp³-hybridized carbons (Fsp3) is 0.133. The minimum atomic E-state index is -0.735. The topological polar surface area (TPSA) is 46.3 Å². The molecule has 0 fully saturated rings. The van der Waals surface area contributed by atoms with Crippen LogP contribution < -0.4 is 5.73 Å². The molecule has 0 heterocycles. The third-order valence-corrected chi connectivity index (χ3v) is 3.01. The second-order valence-corrected chi connectivity index (χ2v) is 4.63. The molecule has 6 heteroatoms. The summed E-state index contributed by atoms with van der Waals surface area (Å²) in [5, 5.41) is 0. The van der Waals surface area contributed by atoms with Crippen molar-refractivity contribution >= 4 is 11.6 Å². The Morgan fingerprint density at radius 2 is 1.71 bits per heavy atom. The smallest absolute Gasteiger partial charge is 0.255 e. The molecular formula is C15H13F3N2O. The molecule has 0 unspecified atom stereocenters. The largest absolute Gasteiger partial charge is 0.398 e. The summed E-state index contributed by atoms with van der Waals surface area (Å²) in [7, 11) is 1.45. The predicted molar refractivity (Wildman–Crippen MR) is 73.0 cm³/mol. The van der Waals surface area contributed by atoms with E-state index >= 15 is 0 Å². The lowest BCUT2D eigenvalue weighted by molar-refractivity contribution is 0.0785. The summed E-state index contributed by atoms with van der Waals surface area (Å²) < 4.78 is 39.3. The number of carbonyl (C=O) groups is 1. The zero-order valence-electron chi connectivity index (χ0n) is 11.2. The monoisotopic (exact) mass is 294 g/mol. The Morgan fingerprint density at radius 3 is 2.33 bits per heavy atom. The maximum atomic E-state index is 13.6. The lowest BCUT2D eigenvalue weighted by Crippen LogP contribution is -2.27. The van der Waals surface area contributed by atoms with Crippen molar-refractivity contribution in [3.8, 4) is 0 Å². The SMILES string of the molecule is CN(Cc1ccc(F)cc1F)C(=O)c1ccc(F)cc1N. The van der Waals surface area contributed by atoms with Gasteiger partial charge in [0.05, 0.1) is 5.56 Å². The second-order valence-electron chi connectivity index (χ2n) is 4.63. The lowest BCUT2D eigenvalue weighted by atomic mass is 10.1. The molecule has 3 nitrogen and oxygen atoms in total. The number of benzene rings is 2. The summed E-state index contributed by atoms with van der Waals surface area (Å²) >= 11 is 0. The van der Waals surface area contributed by atoms with E-state index in [0.717, 1.165) is 24.3 Å². The number of hydrogen-bond donors (Lipinski definition) is 1. The Bertz CT molecular complexity index is 689. The Hall–Kier alpha value is -2.50. The van der Waals surface area contributed by atoms with Crippen molar-refractivity contribution in [1.82, 2.24) is 4.90 Å². The van der Waals surface area contributed by atoms with Crippen molar-refractivity contribution < 1.29 is 18.0 Å². The van der Waals surface area contributed by atoms with Crippen LogP contribution in [-0.4, -0.2) is 17.9 Å². The number of halogens is 3. The van der Waals surface area contributed by atoms with Crippen LogP contribution in [0, 0.1) is 17.5 Å². The maximum absolute atomic E-state index is 13.6. The van der Waals surface area contributed by atoms with E-state index < -0.39 is 23.4 Å². The van der Waals surface area contributed by atoms with Crippen LogP contribution in [0.1, 0.15) is 15.9 Å². The molecule has 0 aliphatic rings. The van der Waals surface area contributed by atoms with Gasteiger partial charge in [0, 0.05) is 30.9 Å². The predicted octanol–water partition coefficient (Wildman–Crippen LogP) is 2.96. The minimum Gasteiger partial charge on any atom is -0.398 e. The number of nitrogens with zero attached hydrogens (tertiary/aromatic N) is 1. The zero-order valence-corrected chi connectivity index (χ0v) is 11.2. The Kier molecular flexibility index (Phi) is 4.16. The van der Waals surface area contributed by atoms with Crippen LogP contribution in [0.25, 0.3) is 0 Å². The molecule has 0 atom stereocenters. The Morgan fingerprint density at radius 1 is 1.10 bits per heavy atom. The molecule has 0 radical (unpaired) electrons. The molecule has 0 saturated carbocycles. The van der Waals surface area contributed by atoms with E-state index in [4.69, 9.17) is 5.73 Å². The molecule has 1 amide bonds. The van der Waals surface area contributed by atoms with Crippen molar-refractivity contribution in [3.05, 3.63) is 65.0 Å². The molecule has 110 valence electrons. The molecular weight excluding hydrogens is 281 g/mol. The molecule has 2 aromatic carbocycles. The van der Waals surface area contributed by atoms with E-state index in [0.29, 0.717) is 0 Å². The molecule has 0 saturated heterocycles. The standard InChI is InChI=1S/C15H13F3N2O/c1-20(8-9-2-3-10(16)6-13(9)18)15(21)12-5-4-11(17)7-14(12)19/h2-7H,8,19H2,1H3. The number of carbonyl (C=O) groups excluding carboxylic acids is 1. The molecule has 21 heavy (non-hydrogen) atoms. The molecule has 0 aromatic heterocycles. The fourth-order valence-electron chi connectivity index (χ4n) is 1.91. The third-order valence-electron chi connectivity index (χ3n) is 3.01. The van der Waals surface area contributed by atoms with Crippen molar-refractivity contribution in [2.45, 2.75) is 6.54 Å². The highest BCUT2D eigenvalue weighted by molar-refractivity contribution is 5.98. The molecule has 0 aliphatic carbocycles. The van der Waals surface area contributed by atoms with Gasteiger partial charge in [-0.15, -0.1) is 0 Å². The average Bonchev–Trinajstić information content (AvgIpc) is 2.41. The Labute approximate surface area is 119 Å². The molecule has 0 bridgehead atoms. The zero-order chi connectivity index (χ0) is 15.6. The van der Waals surface area contributed by atoms with Crippen LogP contribution in [0.15, 0.2) is 36.4 Å². The van der Waals surface area contributed by atoms with Gasteiger partial charge in [-0.3, -0.25) is 4.79 Å². The van der Waals surface area contributed by atoms with Gasteiger partial charge >= 0.3 is 0 Å². The first-order valence-electron chi connectivity index (χ1n) is 6.13. The van der Waals surface area contributed by atoms with E-state index in [1.54, 1.807) is 0 Å². The van der Waals surface area contributed by atoms with Crippen LogP contribution in [0.2, 0.25) is 0 Å². The lowest BCUT2D eigenvalue weighted by Gasteiger charge is -2.18. The van der Waals surface area contributed by atoms with Crippen molar-refractivity contribution in [2.75, 3.05) is 12.8 Å². The van der Waals surface area contributed by atoms with E-state index in [9.17, 15) is 18.0 Å². The number of hydrogen-bond acceptors (Lipinski definition) is 2. The van der Waals surface area contributed by atoms with Crippen LogP contribution in [0.5, 0.6) is 0 Å². The van der Waals surface area contributed by atoms with Gasteiger partial charge in [0.25, 0.3) is 5.91 Å². The number of nitrogen functional groups attached to an aromatic ring is 1. The maximum Gasteiger partial charge on any atom is 0.255 e. The summed E-state index contributed by atoms with van der Waals surface area (Å²) in [6.07, 6.45) is 0. The van der Waals surface area contributed by atoms with Crippen LogP contribution in [0.4, 0.5) is 18.9 Å². The van der Waals surface area contributed by atoms with Gasteiger partial charge in [-0.1, -0.05) is 6.07 Å². The first-order valence-corrected chi connectivity index (χ1v) is 6.13. The first kappa shape index (κ1) is 14.9. The van der Waals surface area contributed by atoms with Crippen LogP contribution in [0.3, 0.4) is 0 Å². The highest BCUT2D eigenvalue weighted by atomic mass is 19.1. The Balaban J connectivity index is 2.19. The van der Waals surface area contributed by atoms with Gasteiger partial charge in [0.15, 0.2) is 0 Å². The fourth-order valence-corrected chi connectivity index (χ4v) is 1.91. The summed E-state index contributed by atoms with van der Waals surface area (Å²) in [5.74, 6) is -2.44. The number of rotatable bonds is 3. The summed E-state index contributed by atoms with van der Waals surface area (Å²) in [6.45, 7) is -0.0538. The van der Waals surface area contributed by atoms with Crippen LogP contribution >= 0.6 is 0 Å². The van der Waals surface area contributed by atoms with Gasteiger partial charge in [0.2, 0.25) is 0 Å². The van der Waals surface area contributed by atoms with Gasteiger partial charge in [-0.2, -0.15) is 0 Å². The van der Waals surface area contributed by atoms with E-state index in [2.05, 4.69) is 0 Å². The quantitative estimate of drug-likeness (QED) is 0.885. The summed E-state index contributed by atoms with van der Waals surface area (Å²) in [4.78, 5) is 13.4. The normalized spacial score (nSPS) is 10.5. The van der Waals surface area contributed by atoms with Crippen molar-refractivity contribution in [3.63, 3.8) is 0 Å². The average molecular weight is 294 g/mol. The van der Waals surface area contributed by atoms with Crippen molar-refractivity contribution in [1.29, 1.82) is 0 Å². The summed E-state index contributed by atoms with van der Waals surface area (Å²) in [5.41, 5.74) is 5.90. The van der Waals surface area contributed by atoms with Gasteiger partial charge in [-0.05, 0) is 24.3 Å². The number of anilines is 1. The van der Waals surface area contributed by atoms with E-state index in [1.165, 1.54) is 24.1 Å². The van der Waals surface area contributed by atoms with Gasteiger partial charge in [0.1, 0.15) is 17.5 Å². The summed E-state index contributed by atoms with van der Waals surface area (Å²) in [6, 6.07) is 6.56.